The Morgan fingerprint density at radius 1 is 1.19 bits per heavy atom. The molecule has 1 amide bonds. The maximum atomic E-state index is 11.9. The molecule has 4 nitrogen and oxygen atoms in total. The van der Waals surface area contributed by atoms with Gasteiger partial charge in [-0.2, -0.15) is 5.10 Å². The third kappa shape index (κ3) is 6.36. The molecule has 0 bridgehead atoms. The Morgan fingerprint density at radius 3 is 2.74 bits per heavy atom. The molecule has 1 heterocycles. The highest BCUT2D eigenvalue weighted by Crippen LogP contribution is 2.28. The van der Waals surface area contributed by atoms with Crippen molar-refractivity contribution in [3.63, 3.8) is 0 Å². The van der Waals surface area contributed by atoms with Crippen LogP contribution in [-0.4, -0.2) is 22.9 Å². The monoisotopic (exact) mass is 413 g/mol. The van der Waals surface area contributed by atoms with E-state index in [1.165, 1.54) is 23.1 Å². The molecule has 0 fully saturated rings. The smallest absolute Gasteiger partial charge is 0.250 e. The van der Waals surface area contributed by atoms with E-state index in [4.69, 9.17) is 11.6 Å². The van der Waals surface area contributed by atoms with Crippen LogP contribution in [0.1, 0.15) is 5.56 Å². The van der Waals surface area contributed by atoms with Crippen molar-refractivity contribution in [1.29, 1.82) is 0 Å². The Kier molecular flexibility index (Phi) is 7.21. The van der Waals surface area contributed by atoms with E-state index in [0.29, 0.717) is 5.02 Å². The molecule has 0 aliphatic heterocycles. The summed E-state index contributed by atoms with van der Waals surface area (Å²) in [7, 11) is 0. The molecular formula is C20H16ClN3OS2. The summed E-state index contributed by atoms with van der Waals surface area (Å²) in [6, 6.07) is 17.4. The fourth-order valence-electron chi connectivity index (χ4n) is 2.11. The molecule has 0 atom stereocenters. The molecular weight excluding hydrogens is 398 g/mol. The second-order valence-electron chi connectivity index (χ2n) is 5.38. The molecule has 3 rings (SSSR count). The van der Waals surface area contributed by atoms with Crippen molar-refractivity contribution in [3.8, 4) is 11.3 Å². The largest absolute Gasteiger partial charge is 0.272 e. The molecule has 136 valence electrons. The van der Waals surface area contributed by atoms with Crippen LogP contribution in [0.3, 0.4) is 0 Å². The van der Waals surface area contributed by atoms with Gasteiger partial charge in [0.05, 0.1) is 11.4 Å². The average molecular weight is 414 g/mol. The molecule has 0 aliphatic rings. The van der Waals surface area contributed by atoms with Gasteiger partial charge in [0, 0.05) is 22.2 Å². The Morgan fingerprint density at radius 2 is 1.96 bits per heavy atom. The lowest BCUT2D eigenvalue weighted by molar-refractivity contribution is -0.118. The van der Waals surface area contributed by atoms with Gasteiger partial charge in [-0.1, -0.05) is 71.9 Å². The van der Waals surface area contributed by atoms with E-state index >= 15 is 0 Å². The number of benzene rings is 2. The summed E-state index contributed by atoms with van der Waals surface area (Å²) < 4.78 is 0.836. The van der Waals surface area contributed by atoms with E-state index in [1.54, 1.807) is 12.3 Å². The first-order valence-corrected chi connectivity index (χ1v) is 10.3. The van der Waals surface area contributed by atoms with Gasteiger partial charge in [0.1, 0.15) is 0 Å². The first-order valence-electron chi connectivity index (χ1n) is 8.08. The highest BCUT2D eigenvalue weighted by molar-refractivity contribution is 8.01. The Balaban J connectivity index is 1.43. The van der Waals surface area contributed by atoms with Crippen molar-refractivity contribution < 1.29 is 4.79 Å². The number of nitrogens with one attached hydrogen (secondary N) is 1. The SMILES string of the molecule is O=C(CSc1nc(-c2ccc(Cl)cc2)cs1)N/N=C/C=C/c1ccccc1. The van der Waals surface area contributed by atoms with Crippen LogP contribution < -0.4 is 5.43 Å². The Hall–Kier alpha value is -2.41. The number of thioether (sulfide) groups is 1. The normalized spacial score (nSPS) is 11.3. The highest BCUT2D eigenvalue weighted by atomic mass is 35.5. The van der Waals surface area contributed by atoms with Crippen LogP contribution in [0.25, 0.3) is 17.3 Å². The van der Waals surface area contributed by atoms with Crippen molar-refractivity contribution in [2.45, 2.75) is 4.34 Å². The van der Waals surface area contributed by atoms with E-state index < -0.39 is 0 Å². The molecule has 7 heteroatoms. The zero-order valence-corrected chi connectivity index (χ0v) is 16.6. The third-order valence-electron chi connectivity index (χ3n) is 3.39. The van der Waals surface area contributed by atoms with E-state index in [1.807, 2.05) is 66.1 Å². The minimum absolute atomic E-state index is 0.174. The number of nitrogens with zero attached hydrogens (tertiary/aromatic N) is 2. The molecule has 1 N–H and O–H groups in total. The van der Waals surface area contributed by atoms with Crippen molar-refractivity contribution in [2.24, 2.45) is 5.10 Å². The Bertz CT molecular complexity index is 937. The summed E-state index contributed by atoms with van der Waals surface area (Å²) in [6.45, 7) is 0. The molecule has 2 aromatic carbocycles. The maximum absolute atomic E-state index is 11.9. The predicted octanol–water partition coefficient (Wildman–Crippen LogP) is 5.37. The first-order chi connectivity index (χ1) is 13.2. The number of halogens is 1. The number of thiazole rings is 1. The van der Waals surface area contributed by atoms with E-state index in [2.05, 4.69) is 15.5 Å². The van der Waals surface area contributed by atoms with Gasteiger partial charge in [0.25, 0.3) is 5.91 Å². The summed E-state index contributed by atoms with van der Waals surface area (Å²) >= 11 is 8.79. The van der Waals surface area contributed by atoms with Crippen molar-refractivity contribution in [1.82, 2.24) is 10.4 Å². The van der Waals surface area contributed by atoms with Gasteiger partial charge < -0.3 is 0 Å². The molecule has 0 radical (unpaired) electrons. The standard InChI is InChI=1S/C20H16ClN3OS2/c21-17-10-8-16(9-11-17)18-13-26-20(23-18)27-14-19(25)24-22-12-4-7-15-5-2-1-3-6-15/h1-13H,14H2,(H,24,25)/b7-4+,22-12+. The lowest BCUT2D eigenvalue weighted by Gasteiger charge is -1.98. The van der Waals surface area contributed by atoms with E-state index in [0.717, 1.165) is 21.2 Å². The lowest BCUT2D eigenvalue weighted by atomic mass is 10.2. The quantitative estimate of drug-likeness (QED) is 0.322. The fourth-order valence-corrected chi connectivity index (χ4v) is 3.86. The number of carbonyl (C=O) groups is 1. The minimum atomic E-state index is -0.174. The Labute approximate surface area is 171 Å². The summed E-state index contributed by atoms with van der Waals surface area (Å²) in [5, 5.41) is 6.57. The summed E-state index contributed by atoms with van der Waals surface area (Å²) in [5.41, 5.74) is 5.46. The van der Waals surface area contributed by atoms with Gasteiger partial charge in [-0.25, -0.2) is 10.4 Å². The predicted molar refractivity (Wildman–Crippen MR) is 115 cm³/mol. The highest BCUT2D eigenvalue weighted by Gasteiger charge is 2.07. The molecule has 1 aromatic heterocycles. The van der Waals surface area contributed by atoms with E-state index in [-0.39, 0.29) is 11.7 Å². The second-order valence-corrected chi connectivity index (χ2v) is 7.89. The van der Waals surface area contributed by atoms with Gasteiger partial charge in [0.2, 0.25) is 0 Å². The number of amides is 1. The molecule has 0 spiro atoms. The average Bonchev–Trinajstić information content (AvgIpc) is 3.16. The van der Waals surface area contributed by atoms with Crippen LogP contribution in [-0.2, 0) is 4.79 Å². The summed E-state index contributed by atoms with van der Waals surface area (Å²) in [6.07, 6.45) is 5.25. The van der Waals surface area contributed by atoms with Gasteiger partial charge in [-0.15, -0.1) is 11.3 Å². The van der Waals surface area contributed by atoms with Crippen LogP contribution in [0.2, 0.25) is 5.02 Å². The van der Waals surface area contributed by atoms with Crippen molar-refractivity contribution in [2.75, 3.05) is 5.75 Å². The number of hydrogen-bond donors (Lipinski definition) is 1. The molecule has 3 aromatic rings. The van der Waals surface area contributed by atoms with Crippen LogP contribution in [0, 0.1) is 0 Å². The number of carbonyl (C=O) groups excluding carboxylic acids is 1. The zero-order chi connectivity index (χ0) is 18.9. The maximum Gasteiger partial charge on any atom is 0.250 e. The number of allylic oxidation sites excluding steroid dienone is 1. The van der Waals surface area contributed by atoms with Gasteiger partial charge >= 0.3 is 0 Å². The van der Waals surface area contributed by atoms with Crippen LogP contribution in [0.15, 0.2) is 75.5 Å². The summed E-state index contributed by atoms with van der Waals surface area (Å²) in [4.78, 5) is 16.4. The molecule has 0 saturated heterocycles. The molecule has 0 aliphatic carbocycles. The van der Waals surface area contributed by atoms with Crippen molar-refractivity contribution >= 4 is 52.9 Å². The fraction of sp³-hybridized carbons (Fsp3) is 0.0500. The first kappa shape index (κ1) is 19.4. The van der Waals surface area contributed by atoms with Gasteiger partial charge in [0.15, 0.2) is 4.34 Å². The van der Waals surface area contributed by atoms with Crippen LogP contribution >= 0.6 is 34.7 Å². The number of rotatable bonds is 7. The zero-order valence-electron chi connectivity index (χ0n) is 14.2. The van der Waals surface area contributed by atoms with E-state index in [9.17, 15) is 4.79 Å². The molecule has 0 unspecified atom stereocenters. The molecule has 0 saturated carbocycles. The minimum Gasteiger partial charge on any atom is -0.272 e. The summed E-state index contributed by atoms with van der Waals surface area (Å²) in [5.74, 6) is 0.0837. The van der Waals surface area contributed by atoms with Gasteiger partial charge in [-0.3, -0.25) is 4.79 Å². The van der Waals surface area contributed by atoms with Crippen LogP contribution in [0.4, 0.5) is 0 Å². The second kappa shape index (κ2) is 10.1. The van der Waals surface area contributed by atoms with Gasteiger partial charge in [-0.05, 0) is 23.8 Å². The number of hydrogen-bond acceptors (Lipinski definition) is 5. The van der Waals surface area contributed by atoms with Crippen LogP contribution in [0.5, 0.6) is 0 Å². The third-order valence-corrected chi connectivity index (χ3v) is 5.66. The molecule has 27 heavy (non-hydrogen) atoms. The lowest BCUT2D eigenvalue weighted by Crippen LogP contribution is -2.19. The number of hydrazone groups is 1. The van der Waals surface area contributed by atoms with Crippen molar-refractivity contribution in [3.05, 3.63) is 76.6 Å². The number of aromatic nitrogens is 1. The topological polar surface area (TPSA) is 54.4 Å².